The molecule has 8 rings (SSSR count). The van der Waals surface area contributed by atoms with Crippen LogP contribution in [0.25, 0.3) is 28.4 Å². The molecule has 5 aromatic rings. The number of hydrogen-bond donors (Lipinski definition) is 2. The summed E-state index contributed by atoms with van der Waals surface area (Å²) in [4.78, 5) is 13.8. The van der Waals surface area contributed by atoms with Gasteiger partial charge >= 0.3 is 0 Å². The van der Waals surface area contributed by atoms with Crippen molar-refractivity contribution in [2.45, 2.75) is 82.4 Å². The second-order valence-corrected chi connectivity index (χ2v) is 13.7. The number of likely N-dealkylation sites (N-methyl/N-ethyl adjacent to an activating group) is 1. The van der Waals surface area contributed by atoms with Gasteiger partial charge in [-0.25, -0.2) is 14.6 Å². The summed E-state index contributed by atoms with van der Waals surface area (Å²) >= 11 is 1.54. The largest absolute Gasteiger partial charge is 0.390 e. The molecule has 0 bridgehead atoms. The highest BCUT2D eigenvalue weighted by Crippen LogP contribution is 2.55. The molecule has 0 saturated carbocycles. The fourth-order valence-electron chi connectivity index (χ4n) is 8.18. The van der Waals surface area contributed by atoms with Gasteiger partial charge in [-0.3, -0.25) is 0 Å². The van der Waals surface area contributed by atoms with Crippen molar-refractivity contribution in [3.63, 3.8) is 0 Å². The lowest BCUT2D eigenvalue weighted by Gasteiger charge is -2.39. The number of likely N-dealkylation sites (tertiary alicyclic amines) is 1. The first-order valence-electron chi connectivity index (χ1n) is 15.5. The summed E-state index contributed by atoms with van der Waals surface area (Å²) in [5.74, 6) is 1.95. The molecule has 1 fully saturated rings. The van der Waals surface area contributed by atoms with E-state index in [0.717, 1.165) is 91.5 Å². The van der Waals surface area contributed by atoms with E-state index in [9.17, 15) is 10.4 Å². The molecule has 1 saturated heterocycles. The molecule has 226 valence electrons. The molecule has 5 aromatic heterocycles. The average molecular weight is 610 g/mol. The fourth-order valence-corrected chi connectivity index (χ4v) is 9.34. The molecule has 3 N–H and O–H groups in total. The SMILES string of the molecule is CC(C1CCCN1C)n1ncc2c(-n3cccc3CO)nc(-c3noc4c3CCCC43CCCc4sc(N)c(C#N)c43)nc21. The van der Waals surface area contributed by atoms with Crippen LogP contribution < -0.4 is 5.73 Å². The molecule has 0 radical (unpaired) electrons. The summed E-state index contributed by atoms with van der Waals surface area (Å²) in [6.45, 7) is 3.15. The number of aryl methyl sites for hydroxylation is 1. The van der Waals surface area contributed by atoms with E-state index >= 15 is 0 Å². The number of hydrogen-bond acceptors (Lipinski definition) is 10. The zero-order valence-electron chi connectivity index (χ0n) is 25.0. The van der Waals surface area contributed by atoms with Gasteiger partial charge < -0.3 is 24.8 Å². The van der Waals surface area contributed by atoms with E-state index in [2.05, 4.69) is 30.1 Å². The summed E-state index contributed by atoms with van der Waals surface area (Å²) in [5.41, 5.74) is 10.7. The lowest BCUT2D eigenvalue weighted by Crippen LogP contribution is -2.35. The molecule has 3 unspecified atom stereocenters. The monoisotopic (exact) mass is 609 g/mol. The first-order valence-corrected chi connectivity index (χ1v) is 16.3. The van der Waals surface area contributed by atoms with Gasteiger partial charge in [-0.2, -0.15) is 10.4 Å². The summed E-state index contributed by atoms with van der Waals surface area (Å²) in [5, 5.41) is 31.1. The van der Waals surface area contributed by atoms with Crippen LogP contribution in [0.2, 0.25) is 0 Å². The van der Waals surface area contributed by atoms with Crippen LogP contribution in [0.4, 0.5) is 5.00 Å². The Bertz CT molecular complexity index is 1940. The molecule has 0 amide bonds. The van der Waals surface area contributed by atoms with Gasteiger partial charge in [-0.1, -0.05) is 5.16 Å². The van der Waals surface area contributed by atoms with Crippen LogP contribution in [0.15, 0.2) is 29.0 Å². The minimum Gasteiger partial charge on any atom is -0.390 e. The Morgan fingerprint density at radius 3 is 2.86 bits per heavy atom. The molecule has 1 aliphatic heterocycles. The number of nitrogens with two attached hydrogens (primary N) is 1. The number of rotatable bonds is 5. The van der Waals surface area contributed by atoms with E-state index in [1.807, 2.05) is 33.8 Å². The Hall–Kier alpha value is -4.05. The van der Waals surface area contributed by atoms with Gasteiger partial charge in [0, 0.05) is 28.4 Å². The van der Waals surface area contributed by atoms with Gasteiger partial charge in [0.2, 0.25) is 0 Å². The van der Waals surface area contributed by atoms with Crippen molar-refractivity contribution in [3.8, 4) is 23.4 Å². The molecule has 11 nitrogen and oxygen atoms in total. The maximum atomic E-state index is 10.1. The number of aromatic nitrogens is 6. The van der Waals surface area contributed by atoms with Gasteiger partial charge in [-0.15, -0.1) is 11.3 Å². The second kappa shape index (κ2) is 10.3. The predicted octanol–water partition coefficient (Wildman–Crippen LogP) is 4.89. The summed E-state index contributed by atoms with van der Waals surface area (Å²) < 4.78 is 10.2. The maximum absolute atomic E-state index is 10.1. The van der Waals surface area contributed by atoms with Crippen molar-refractivity contribution in [3.05, 3.63) is 57.5 Å². The van der Waals surface area contributed by atoms with Crippen LogP contribution in [-0.2, 0) is 24.9 Å². The minimum absolute atomic E-state index is 0.0983. The van der Waals surface area contributed by atoms with Gasteiger partial charge in [0.15, 0.2) is 28.7 Å². The van der Waals surface area contributed by atoms with Crippen LogP contribution in [0.3, 0.4) is 0 Å². The molecular weight excluding hydrogens is 574 g/mol. The Balaban J connectivity index is 1.33. The van der Waals surface area contributed by atoms with Gasteiger partial charge in [0.05, 0.1) is 35.2 Å². The van der Waals surface area contributed by atoms with Crippen molar-refractivity contribution >= 4 is 27.4 Å². The third-order valence-electron chi connectivity index (χ3n) is 10.2. The highest BCUT2D eigenvalue weighted by molar-refractivity contribution is 7.16. The first-order chi connectivity index (χ1) is 21.4. The number of aliphatic hydroxyl groups excluding tert-OH is 1. The number of fused-ring (bicyclic) bond motifs is 5. The topological polar surface area (TPSA) is 148 Å². The summed E-state index contributed by atoms with van der Waals surface area (Å²) in [7, 11) is 2.17. The van der Waals surface area contributed by atoms with E-state index in [4.69, 9.17) is 25.3 Å². The molecule has 6 heterocycles. The molecular formula is C32H35N9O2S. The quantitative estimate of drug-likeness (QED) is 0.284. The molecule has 3 atom stereocenters. The van der Waals surface area contributed by atoms with Crippen molar-refractivity contribution in [1.82, 2.24) is 34.4 Å². The Morgan fingerprint density at radius 1 is 1.25 bits per heavy atom. The van der Waals surface area contributed by atoms with Gasteiger partial charge in [-0.05, 0) is 89.6 Å². The summed E-state index contributed by atoms with van der Waals surface area (Å²) in [6, 6.07) is 6.64. The van der Waals surface area contributed by atoms with Crippen molar-refractivity contribution in [1.29, 1.82) is 5.26 Å². The number of nitriles is 1. The Morgan fingerprint density at radius 2 is 2.09 bits per heavy atom. The average Bonchev–Trinajstić information content (AvgIpc) is 3.86. The molecule has 44 heavy (non-hydrogen) atoms. The number of nitrogen functional groups attached to an aromatic ring is 1. The van der Waals surface area contributed by atoms with E-state index in [1.54, 1.807) is 11.3 Å². The minimum atomic E-state index is -0.424. The van der Waals surface area contributed by atoms with Crippen LogP contribution in [-0.4, -0.2) is 59.1 Å². The standard InChI is InChI=1S/C32H35N9O2S/c1-18(23-9-6-13-39(23)2)41-31-22(16-35-41)30(40-14-5-7-19(40)17-42)36-29(37-31)26-20-8-3-11-32(27(20)43-38-26)12-4-10-24-25(32)21(15-33)28(34)44-24/h5,7,14,16,18,23,42H,3-4,6,8-13,17,34H2,1-2H3. The molecule has 1 spiro atoms. The summed E-state index contributed by atoms with van der Waals surface area (Å²) in [6.07, 6.45) is 11.4. The van der Waals surface area contributed by atoms with E-state index in [-0.39, 0.29) is 12.6 Å². The zero-order chi connectivity index (χ0) is 30.2. The maximum Gasteiger partial charge on any atom is 0.186 e. The number of thiophene rings is 1. The van der Waals surface area contributed by atoms with E-state index in [0.29, 0.717) is 33.9 Å². The predicted molar refractivity (Wildman–Crippen MR) is 167 cm³/mol. The number of nitrogens with zero attached hydrogens (tertiary/aromatic N) is 8. The molecule has 0 aromatic carbocycles. The third kappa shape index (κ3) is 3.85. The molecule has 2 aliphatic carbocycles. The molecule has 12 heteroatoms. The Labute approximate surface area is 258 Å². The second-order valence-electron chi connectivity index (χ2n) is 12.5. The van der Waals surface area contributed by atoms with Crippen LogP contribution in [0.5, 0.6) is 0 Å². The van der Waals surface area contributed by atoms with Gasteiger partial charge in [0.25, 0.3) is 0 Å². The van der Waals surface area contributed by atoms with Crippen molar-refractivity contribution in [2.24, 2.45) is 0 Å². The van der Waals surface area contributed by atoms with Gasteiger partial charge in [0.1, 0.15) is 11.1 Å². The van der Waals surface area contributed by atoms with Crippen LogP contribution >= 0.6 is 11.3 Å². The van der Waals surface area contributed by atoms with Crippen LogP contribution in [0.1, 0.15) is 84.5 Å². The zero-order valence-corrected chi connectivity index (χ0v) is 25.8. The van der Waals surface area contributed by atoms with E-state index in [1.165, 1.54) is 4.88 Å². The lowest BCUT2D eigenvalue weighted by atomic mass is 9.63. The van der Waals surface area contributed by atoms with E-state index < -0.39 is 5.41 Å². The lowest BCUT2D eigenvalue weighted by molar-refractivity contribution is 0.232. The van der Waals surface area contributed by atoms with Crippen molar-refractivity contribution < 1.29 is 9.63 Å². The fraction of sp³-hybridized carbons (Fsp3) is 0.469. The highest BCUT2D eigenvalue weighted by Gasteiger charge is 2.49. The first kappa shape index (κ1) is 27.5. The van der Waals surface area contributed by atoms with Crippen LogP contribution in [0, 0.1) is 11.3 Å². The highest BCUT2D eigenvalue weighted by atomic mass is 32.1. The number of anilines is 1. The van der Waals surface area contributed by atoms with Crippen molar-refractivity contribution in [2.75, 3.05) is 19.3 Å². The Kier molecular flexibility index (Phi) is 6.41. The molecule has 3 aliphatic rings. The smallest absolute Gasteiger partial charge is 0.186 e. The number of aliphatic hydroxyl groups is 1. The third-order valence-corrected chi connectivity index (χ3v) is 11.3. The normalized spacial score (nSPS) is 22.4.